The minimum atomic E-state index is -0.232. The lowest BCUT2D eigenvalue weighted by Crippen LogP contribution is -2.48. The number of aryl methyl sites for hydroxylation is 2. The molecule has 0 aliphatic carbocycles. The standard InChI is InChI=1S/C24H30BrN3O3S/c1-5-27-9-11-28(12-10-27)24(32)18-13-19(25)23(20(14-18)30-4)31-15-21(29)26-22-16(2)7-6-8-17(22)3/h6-8,13-14H,5,9-12,15H2,1-4H3,(H,26,29). The normalized spacial score (nSPS) is 14.2. The molecule has 32 heavy (non-hydrogen) atoms. The summed E-state index contributed by atoms with van der Waals surface area (Å²) < 4.78 is 12.1. The maximum atomic E-state index is 12.5. The molecule has 1 saturated heterocycles. The first-order valence-electron chi connectivity index (χ1n) is 10.7. The molecule has 2 aromatic carbocycles. The van der Waals surface area contributed by atoms with Crippen molar-refractivity contribution in [1.29, 1.82) is 0 Å². The Morgan fingerprint density at radius 2 is 1.81 bits per heavy atom. The molecule has 0 aromatic heterocycles. The summed E-state index contributed by atoms with van der Waals surface area (Å²) in [5, 5.41) is 2.94. The van der Waals surface area contributed by atoms with Gasteiger partial charge in [-0.2, -0.15) is 0 Å². The summed E-state index contributed by atoms with van der Waals surface area (Å²) in [5.41, 5.74) is 3.72. The predicted octanol–water partition coefficient (Wildman–Crippen LogP) is 4.41. The van der Waals surface area contributed by atoms with Crippen LogP contribution in [0.3, 0.4) is 0 Å². The molecule has 0 atom stereocenters. The summed E-state index contributed by atoms with van der Waals surface area (Å²) >= 11 is 9.32. The average molecular weight is 520 g/mol. The highest BCUT2D eigenvalue weighted by atomic mass is 79.9. The average Bonchev–Trinajstić information content (AvgIpc) is 2.79. The van der Waals surface area contributed by atoms with Gasteiger partial charge in [-0.15, -0.1) is 0 Å². The molecule has 0 radical (unpaired) electrons. The van der Waals surface area contributed by atoms with Gasteiger partial charge in [-0.05, 0) is 59.6 Å². The summed E-state index contributed by atoms with van der Waals surface area (Å²) in [6, 6.07) is 9.70. The van der Waals surface area contributed by atoms with E-state index in [1.54, 1.807) is 7.11 Å². The van der Waals surface area contributed by atoms with E-state index in [2.05, 4.69) is 38.0 Å². The molecule has 0 bridgehead atoms. The highest BCUT2D eigenvalue weighted by molar-refractivity contribution is 9.10. The first-order chi connectivity index (χ1) is 15.3. The molecule has 0 saturated carbocycles. The van der Waals surface area contributed by atoms with Crippen LogP contribution in [0.15, 0.2) is 34.8 Å². The summed E-state index contributed by atoms with van der Waals surface area (Å²) in [4.78, 5) is 17.9. The Morgan fingerprint density at radius 3 is 2.41 bits per heavy atom. The lowest BCUT2D eigenvalue weighted by Gasteiger charge is -2.35. The van der Waals surface area contributed by atoms with Crippen LogP contribution in [0, 0.1) is 13.8 Å². The number of likely N-dealkylation sites (N-methyl/N-ethyl adjacent to an activating group) is 1. The van der Waals surface area contributed by atoms with Gasteiger partial charge in [0.1, 0.15) is 4.99 Å². The number of amides is 1. The molecular formula is C24H30BrN3O3S. The van der Waals surface area contributed by atoms with Crippen molar-refractivity contribution in [2.24, 2.45) is 0 Å². The molecule has 1 amide bonds. The Balaban J connectivity index is 1.68. The second-order valence-corrected chi connectivity index (χ2v) is 9.06. The van der Waals surface area contributed by atoms with E-state index in [1.165, 1.54) is 0 Å². The van der Waals surface area contributed by atoms with Crippen LogP contribution >= 0.6 is 28.1 Å². The fourth-order valence-corrected chi connectivity index (χ4v) is 4.61. The number of hydrogen-bond donors (Lipinski definition) is 1. The van der Waals surface area contributed by atoms with Crippen LogP contribution in [0.5, 0.6) is 11.5 Å². The SMILES string of the molecule is CCN1CCN(C(=S)c2cc(Br)c(OCC(=O)Nc3c(C)cccc3C)c(OC)c2)CC1. The molecule has 1 heterocycles. The number of ether oxygens (including phenoxy) is 2. The highest BCUT2D eigenvalue weighted by Crippen LogP contribution is 2.37. The molecule has 3 rings (SSSR count). The lowest BCUT2D eigenvalue weighted by molar-refractivity contribution is -0.118. The van der Waals surface area contributed by atoms with E-state index in [0.29, 0.717) is 16.0 Å². The zero-order chi connectivity index (χ0) is 23.3. The molecular weight excluding hydrogens is 490 g/mol. The summed E-state index contributed by atoms with van der Waals surface area (Å²) in [6.45, 7) is 10.9. The smallest absolute Gasteiger partial charge is 0.262 e. The number of rotatable bonds is 7. The number of benzene rings is 2. The molecule has 1 aliphatic rings. The van der Waals surface area contributed by atoms with Crippen molar-refractivity contribution in [3.05, 3.63) is 51.5 Å². The van der Waals surface area contributed by atoms with E-state index in [9.17, 15) is 4.79 Å². The van der Waals surface area contributed by atoms with Crippen molar-refractivity contribution >= 4 is 44.7 Å². The number of piperazine rings is 1. The maximum absolute atomic E-state index is 12.5. The van der Waals surface area contributed by atoms with Crippen LogP contribution in [0.2, 0.25) is 0 Å². The van der Waals surface area contributed by atoms with Crippen LogP contribution in [0.4, 0.5) is 5.69 Å². The number of anilines is 1. The Kier molecular flexibility index (Phi) is 8.51. The Hall–Kier alpha value is -2.16. The fourth-order valence-electron chi connectivity index (χ4n) is 3.76. The molecule has 1 N–H and O–H groups in total. The number of hydrogen-bond acceptors (Lipinski definition) is 5. The largest absolute Gasteiger partial charge is 0.493 e. The minimum absolute atomic E-state index is 0.133. The third-order valence-corrected chi connectivity index (χ3v) is 6.76. The van der Waals surface area contributed by atoms with Gasteiger partial charge < -0.3 is 24.6 Å². The van der Waals surface area contributed by atoms with Gasteiger partial charge in [0.05, 0.1) is 11.6 Å². The second kappa shape index (κ2) is 11.1. The van der Waals surface area contributed by atoms with Gasteiger partial charge in [0.2, 0.25) is 0 Å². The first-order valence-corrected chi connectivity index (χ1v) is 11.9. The monoisotopic (exact) mass is 519 g/mol. The van der Waals surface area contributed by atoms with Crippen molar-refractivity contribution in [2.45, 2.75) is 20.8 Å². The van der Waals surface area contributed by atoms with Gasteiger partial charge in [0, 0.05) is 37.4 Å². The molecule has 2 aromatic rings. The van der Waals surface area contributed by atoms with E-state index in [-0.39, 0.29) is 12.5 Å². The molecule has 1 aliphatic heterocycles. The molecule has 0 spiro atoms. The van der Waals surface area contributed by atoms with Crippen LogP contribution in [0.25, 0.3) is 0 Å². The minimum Gasteiger partial charge on any atom is -0.493 e. The summed E-state index contributed by atoms with van der Waals surface area (Å²) in [6.07, 6.45) is 0. The Morgan fingerprint density at radius 1 is 1.16 bits per heavy atom. The maximum Gasteiger partial charge on any atom is 0.262 e. The highest BCUT2D eigenvalue weighted by Gasteiger charge is 2.21. The number of methoxy groups -OCH3 is 1. The Labute approximate surface area is 204 Å². The third-order valence-electron chi connectivity index (χ3n) is 5.68. The zero-order valence-electron chi connectivity index (χ0n) is 19.0. The third kappa shape index (κ3) is 5.79. The zero-order valence-corrected chi connectivity index (χ0v) is 21.4. The number of para-hydroxylation sites is 1. The first kappa shape index (κ1) is 24.5. The number of carbonyl (C=O) groups is 1. The topological polar surface area (TPSA) is 54.0 Å². The van der Waals surface area contributed by atoms with Gasteiger partial charge in [0.25, 0.3) is 5.91 Å². The lowest BCUT2D eigenvalue weighted by atomic mass is 10.1. The number of nitrogens with one attached hydrogen (secondary N) is 1. The van der Waals surface area contributed by atoms with Crippen molar-refractivity contribution in [3.63, 3.8) is 0 Å². The molecule has 0 unspecified atom stereocenters. The van der Waals surface area contributed by atoms with E-state index in [0.717, 1.165) is 60.1 Å². The van der Waals surface area contributed by atoms with E-state index in [1.807, 2.05) is 44.2 Å². The van der Waals surface area contributed by atoms with E-state index >= 15 is 0 Å². The molecule has 8 heteroatoms. The molecule has 1 fully saturated rings. The van der Waals surface area contributed by atoms with Gasteiger partial charge >= 0.3 is 0 Å². The van der Waals surface area contributed by atoms with Gasteiger partial charge in [0.15, 0.2) is 18.1 Å². The van der Waals surface area contributed by atoms with Gasteiger partial charge in [-0.1, -0.05) is 37.3 Å². The predicted molar refractivity (Wildman–Crippen MR) is 136 cm³/mol. The van der Waals surface area contributed by atoms with Crippen LogP contribution in [-0.2, 0) is 4.79 Å². The number of thiocarbonyl (C=S) groups is 1. The van der Waals surface area contributed by atoms with Gasteiger partial charge in [-0.3, -0.25) is 4.79 Å². The van der Waals surface area contributed by atoms with Crippen LogP contribution < -0.4 is 14.8 Å². The number of halogens is 1. The van der Waals surface area contributed by atoms with Crippen LogP contribution in [0.1, 0.15) is 23.6 Å². The fraction of sp³-hybridized carbons (Fsp3) is 0.417. The number of carbonyl (C=O) groups excluding carboxylic acids is 1. The number of nitrogens with zero attached hydrogens (tertiary/aromatic N) is 2. The molecule has 172 valence electrons. The second-order valence-electron chi connectivity index (χ2n) is 7.82. The van der Waals surface area contributed by atoms with Crippen molar-refractivity contribution in [2.75, 3.05) is 51.8 Å². The van der Waals surface area contributed by atoms with Crippen molar-refractivity contribution in [1.82, 2.24) is 9.80 Å². The van der Waals surface area contributed by atoms with Crippen molar-refractivity contribution in [3.8, 4) is 11.5 Å². The summed E-state index contributed by atoms with van der Waals surface area (Å²) in [7, 11) is 1.58. The molecule has 6 nitrogen and oxygen atoms in total. The van der Waals surface area contributed by atoms with E-state index in [4.69, 9.17) is 21.7 Å². The van der Waals surface area contributed by atoms with E-state index < -0.39 is 0 Å². The van der Waals surface area contributed by atoms with Crippen LogP contribution in [-0.4, -0.2) is 67.1 Å². The summed E-state index contributed by atoms with van der Waals surface area (Å²) in [5.74, 6) is 0.778. The Bertz CT molecular complexity index is 970. The van der Waals surface area contributed by atoms with Gasteiger partial charge in [-0.25, -0.2) is 0 Å². The van der Waals surface area contributed by atoms with Crippen molar-refractivity contribution < 1.29 is 14.3 Å². The quantitative estimate of drug-likeness (QED) is 0.547.